The number of piperazine rings is 1. The molecule has 0 aliphatic carbocycles. The Morgan fingerprint density at radius 3 is 2.52 bits per heavy atom. The van der Waals surface area contributed by atoms with Crippen LogP contribution in [0.25, 0.3) is 10.9 Å². The van der Waals surface area contributed by atoms with Gasteiger partial charge in [-0.25, -0.2) is 0 Å². The largest absolute Gasteiger partial charge is 0.368 e. The van der Waals surface area contributed by atoms with Crippen LogP contribution in [0.2, 0.25) is 5.02 Å². The fraction of sp³-hybridized carbons (Fsp3) is 0.273. The number of nitrogens with zero attached hydrogens (tertiary/aromatic N) is 3. The number of carbonyl (C=O) groups is 2. The summed E-state index contributed by atoms with van der Waals surface area (Å²) in [5.74, 6) is -0.0166. The maximum absolute atomic E-state index is 12.9. The fourth-order valence-electron chi connectivity index (χ4n) is 3.79. The zero-order chi connectivity index (χ0) is 20.4. The highest BCUT2D eigenvalue weighted by atomic mass is 35.5. The van der Waals surface area contributed by atoms with Crippen LogP contribution in [0, 0.1) is 0 Å². The van der Waals surface area contributed by atoms with Crippen LogP contribution >= 0.6 is 11.6 Å². The molecule has 150 valence electrons. The quantitative estimate of drug-likeness (QED) is 0.715. The van der Waals surface area contributed by atoms with E-state index >= 15 is 0 Å². The van der Waals surface area contributed by atoms with Gasteiger partial charge in [0.25, 0.3) is 0 Å². The van der Waals surface area contributed by atoms with Crippen LogP contribution < -0.4 is 10.2 Å². The average Bonchev–Trinajstić information content (AvgIpc) is 3.11. The summed E-state index contributed by atoms with van der Waals surface area (Å²) in [4.78, 5) is 28.4. The van der Waals surface area contributed by atoms with Crippen LogP contribution in [0.4, 0.5) is 11.4 Å². The Balaban J connectivity index is 1.42. The number of amides is 2. The van der Waals surface area contributed by atoms with Gasteiger partial charge < -0.3 is 19.7 Å². The molecule has 1 saturated heterocycles. The van der Waals surface area contributed by atoms with Gasteiger partial charge in [-0.15, -0.1) is 0 Å². The molecule has 0 atom stereocenters. The minimum Gasteiger partial charge on any atom is -0.368 e. The number of anilines is 2. The highest BCUT2D eigenvalue weighted by Gasteiger charge is 2.22. The molecule has 4 rings (SSSR count). The molecule has 6 nitrogen and oxygen atoms in total. The van der Waals surface area contributed by atoms with E-state index in [0.29, 0.717) is 13.1 Å². The lowest BCUT2D eigenvalue weighted by Gasteiger charge is -2.36. The molecule has 29 heavy (non-hydrogen) atoms. The lowest BCUT2D eigenvalue weighted by atomic mass is 10.2. The molecule has 0 unspecified atom stereocenters. The summed E-state index contributed by atoms with van der Waals surface area (Å²) in [5, 5.41) is 4.49. The van der Waals surface area contributed by atoms with E-state index in [1.807, 2.05) is 64.2 Å². The zero-order valence-corrected chi connectivity index (χ0v) is 17.0. The number of nitrogens with one attached hydrogen (secondary N) is 1. The molecule has 0 spiro atoms. The molecule has 2 heterocycles. The average molecular weight is 411 g/mol. The van der Waals surface area contributed by atoms with E-state index in [2.05, 4.69) is 10.2 Å². The Labute approximate surface area is 174 Å². The van der Waals surface area contributed by atoms with Crippen LogP contribution in [0.5, 0.6) is 0 Å². The first-order valence-corrected chi connectivity index (χ1v) is 10.0. The van der Waals surface area contributed by atoms with Crippen LogP contribution in [-0.4, -0.2) is 47.5 Å². The molecule has 1 fully saturated rings. The number of carbonyl (C=O) groups excluding carboxylic acids is 2. The lowest BCUT2D eigenvalue weighted by molar-refractivity contribution is -0.132. The van der Waals surface area contributed by atoms with Gasteiger partial charge in [-0.2, -0.15) is 0 Å². The number of rotatable bonds is 4. The van der Waals surface area contributed by atoms with Gasteiger partial charge in [0.15, 0.2) is 0 Å². The zero-order valence-electron chi connectivity index (χ0n) is 16.3. The molecular weight excluding hydrogens is 388 g/mol. The molecule has 0 bridgehead atoms. The summed E-state index contributed by atoms with van der Waals surface area (Å²) in [5.41, 5.74) is 2.78. The van der Waals surface area contributed by atoms with Gasteiger partial charge in [0, 0.05) is 55.4 Å². The molecule has 0 radical (unpaired) electrons. The number of fused-ring (bicyclic) bond motifs is 1. The molecule has 1 aliphatic rings. The van der Waals surface area contributed by atoms with Gasteiger partial charge in [0.05, 0.1) is 11.2 Å². The fourth-order valence-corrected chi connectivity index (χ4v) is 3.98. The Hall–Kier alpha value is -2.99. The smallest absolute Gasteiger partial charge is 0.242 e. The molecular formula is C22H23ClN4O2. The Bertz CT molecular complexity index is 1050. The van der Waals surface area contributed by atoms with Gasteiger partial charge in [-0.3, -0.25) is 9.59 Å². The van der Waals surface area contributed by atoms with Gasteiger partial charge >= 0.3 is 0 Å². The normalized spacial score (nSPS) is 14.3. The standard InChI is InChI=1S/C22H23ClN4O2/c1-16(28)24-20-6-3-7-21-19(20)8-9-27(21)15-22(29)26-12-10-25(11-13-26)18-5-2-4-17(23)14-18/h2-9,14H,10-13,15H2,1H3,(H,24,28). The van der Waals surface area contributed by atoms with Crippen LogP contribution in [-0.2, 0) is 16.1 Å². The van der Waals surface area contributed by atoms with Crippen LogP contribution in [0.1, 0.15) is 6.92 Å². The van der Waals surface area contributed by atoms with Crippen molar-refractivity contribution in [1.82, 2.24) is 9.47 Å². The molecule has 3 aromatic rings. The Morgan fingerprint density at radius 2 is 1.79 bits per heavy atom. The van der Waals surface area contributed by atoms with Crippen molar-refractivity contribution in [3.05, 3.63) is 59.8 Å². The predicted molar refractivity (Wildman–Crippen MR) is 116 cm³/mol. The van der Waals surface area contributed by atoms with Crippen LogP contribution in [0.3, 0.4) is 0 Å². The first-order chi connectivity index (χ1) is 14.0. The first-order valence-electron chi connectivity index (χ1n) is 9.65. The molecule has 2 amide bonds. The van der Waals surface area contributed by atoms with Crippen molar-refractivity contribution in [2.75, 3.05) is 36.4 Å². The summed E-state index contributed by atoms with van der Waals surface area (Å²) in [6.07, 6.45) is 1.90. The highest BCUT2D eigenvalue weighted by molar-refractivity contribution is 6.30. The second-order valence-corrected chi connectivity index (χ2v) is 7.65. The molecule has 2 aromatic carbocycles. The van der Waals surface area contributed by atoms with Crippen molar-refractivity contribution in [2.45, 2.75) is 13.5 Å². The molecule has 0 saturated carbocycles. The summed E-state index contributed by atoms with van der Waals surface area (Å²) >= 11 is 6.09. The third-order valence-electron chi connectivity index (χ3n) is 5.24. The van der Waals surface area contributed by atoms with Crippen LogP contribution in [0.15, 0.2) is 54.7 Å². The van der Waals surface area contributed by atoms with Crippen molar-refractivity contribution < 1.29 is 9.59 Å². The predicted octanol–water partition coefficient (Wildman–Crippen LogP) is 3.60. The van der Waals surface area contributed by atoms with Crippen molar-refractivity contribution in [2.24, 2.45) is 0 Å². The number of hydrogen-bond acceptors (Lipinski definition) is 3. The van der Waals surface area contributed by atoms with Gasteiger partial charge in [0.1, 0.15) is 6.54 Å². The number of hydrogen-bond donors (Lipinski definition) is 1. The first kappa shape index (κ1) is 19.3. The van der Waals surface area contributed by atoms with Crippen molar-refractivity contribution in [1.29, 1.82) is 0 Å². The number of halogens is 1. The SMILES string of the molecule is CC(=O)Nc1cccc2c1ccn2CC(=O)N1CCN(c2cccc(Cl)c2)CC1. The molecule has 1 aromatic heterocycles. The van der Waals surface area contributed by atoms with Crippen molar-refractivity contribution >= 4 is 45.7 Å². The number of aromatic nitrogens is 1. The summed E-state index contributed by atoms with van der Waals surface area (Å²) in [7, 11) is 0. The second kappa shape index (κ2) is 8.17. The highest BCUT2D eigenvalue weighted by Crippen LogP contribution is 2.25. The van der Waals surface area contributed by atoms with Crippen molar-refractivity contribution in [3.63, 3.8) is 0 Å². The van der Waals surface area contributed by atoms with E-state index in [-0.39, 0.29) is 18.4 Å². The van der Waals surface area contributed by atoms with E-state index in [1.54, 1.807) is 0 Å². The van der Waals surface area contributed by atoms with E-state index < -0.39 is 0 Å². The lowest BCUT2D eigenvalue weighted by Crippen LogP contribution is -2.49. The summed E-state index contributed by atoms with van der Waals surface area (Å²) in [6.45, 7) is 4.70. The molecule has 1 N–H and O–H groups in total. The van der Waals surface area contributed by atoms with E-state index in [9.17, 15) is 9.59 Å². The third kappa shape index (κ3) is 4.22. The van der Waals surface area contributed by atoms with E-state index in [4.69, 9.17) is 11.6 Å². The van der Waals surface area contributed by atoms with E-state index in [0.717, 1.165) is 40.4 Å². The minimum atomic E-state index is -0.112. The van der Waals surface area contributed by atoms with Gasteiger partial charge in [0.2, 0.25) is 11.8 Å². The van der Waals surface area contributed by atoms with Gasteiger partial charge in [-0.1, -0.05) is 23.7 Å². The second-order valence-electron chi connectivity index (χ2n) is 7.21. The Kier molecular flexibility index (Phi) is 5.45. The van der Waals surface area contributed by atoms with Crippen molar-refractivity contribution in [3.8, 4) is 0 Å². The minimum absolute atomic E-state index is 0.0955. The maximum Gasteiger partial charge on any atom is 0.242 e. The monoisotopic (exact) mass is 410 g/mol. The number of benzene rings is 2. The third-order valence-corrected chi connectivity index (χ3v) is 5.47. The molecule has 7 heteroatoms. The van der Waals surface area contributed by atoms with Gasteiger partial charge in [-0.05, 0) is 36.4 Å². The molecule has 1 aliphatic heterocycles. The maximum atomic E-state index is 12.9. The summed E-state index contributed by atoms with van der Waals surface area (Å²) in [6, 6.07) is 15.5. The summed E-state index contributed by atoms with van der Waals surface area (Å²) < 4.78 is 1.94. The Morgan fingerprint density at radius 1 is 1.03 bits per heavy atom. The van der Waals surface area contributed by atoms with E-state index in [1.165, 1.54) is 6.92 Å². The topological polar surface area (TPSA) is 57.6 Å².